The second-order valence-corrected chi connectivity index (χ2v) is 3.83. The van der Waals surface area contributed by atoms with Crippen LogP contribution in [0.1, 0.15) is 24.8 Å². The number of ether oxygens (including phenoxy) is 1. The summed E-state index contributed by atoms with van der Waals surface area (Å²) in [5.41, 5.74) is 6.58. The number of nitrogens with two attached hydrogens (primary N) is 1. The van der Waals surface area contributed by atoms with Crippen LogP contribution in [0.25, 0.3) is 0 Å². The highest BCUT2D eigenvalue weighted by molar-refractivity contribution is 5.78. The highest BCUT2D eigenvalue weighted by atomic mass is 16.5. The summed E-state index contributed by atoms with van der Waals surface area (Å²) in [7, 11) is 0. The summed E-state index contributed by atoms with van der Waals surface area (Å²) in [6.45, 7) is 6.30. The molecule has 0 fully saturated rings. The van der Waals surface area contributed by atoms with Crippen LogP contribution in [0, 0.1) is 0 Å². The van der Waals surface area contributed by atoms with Crippen molar-refractivity contribution in [3.63, 3.8) is 0 Å². The van der Waals surface area contributed by atoms with Crippen LogP contribution >= 0.6 is 0 Å². The quantitative estimate of drug-likeness (QED) is 0.443. The summed E-state index contributed by atoms with van der Waals surface area (Å²) in [5, 5.41) is 0. The Kier molecular flexibility index (Phi) is 10.0. The number of hydrogen-bond donors (Lipinski definition) is 1. The maximum atomic E-state index is 11.5. The van der Waals surface area contributed by atoms with E-state index in [2.05, 4.69) is 17.9 Å². The van der Waals surface area contributed by atoms with Crippen LogP contribution in [0.15, 0.2) is 43.5 Å². The number of benzene rings is 1. The minimum Gasteiger partial charge on any atom is -0.449 e. The number of carbonyl (C=O) groups is 2. The second kappa shape index (κ2) is 11.2. The Bertz CT molecular complexity index is 365. The average Bonchev–Trinajstić information content (AvgIpc) is 2.46. The molecular formula is C15H21NO3. The molecule has 4 nitrogen and oxygen atoms in total. The maximum Gasteiger partial charge on any atom is 0.294 e. The molecule has 1 aromatic rings. The number of rotatable bonds is 8. The van der Waals surface area contributed by atoms with Gasteiger partial charge in [-0.05, 0) is 12.0 Å². The molecule has 0 aliphatic heterocycles. The van der Waals surface area contributed by atoms with Crippen LogP contribution in [0.3, 0.4) is 0 Å². The molecule has 2 N–H and O–H groups in total. The predicted octanol–water partition coefficient (Wildman–Crippen LogP) is 2.23. The SMILES string of the molecule is C=C.NC(CCC(=O)CCc1ccccc1)OC=O. The largest absolute Gasteiger partial charge is 0.449 e. The molecule has 0 heterocycles. The Morgan fingerprint density at radius 3 is 2.47 bits per heavy atom. The molecule has 0 saturated heterocycles. The minimum atomic E-state index is -0.673. The van der Waals surface area contributed by atoms with E-state index in [1.807, 2.05) is 30.3 Å². The second-order valence-electron chi connectivity index (χ2n) is 3.83. The Labute approximate surface area is 114 Å². The van der Waals surface area contributed by atoms with Crippen molar-refractivity contribution < 1.29 is 14.3 Å². The molecule has 1 atom stereocenters. The topological polar surface area (TPSA) is 69.4 Å². The molecule has 0 aromatic heterocycles. The lowest BCUT2D eigenvalue weighted by atomic mass is 10.1. The van der Waals surface area contributed by atoms with E-state index in [0.717, 1.165) is 12.0 Å². The van der Waals surface area contributed by atoms with Crippen molar-refractivity contribution in [2.45, 2.75) is 31.9 Å². The molecule has 1 unspecified atom stereocenters. The lowest BCUT2D eigenvalue weighted by Gasteiger charge is -2.08. The average molecular weight is 263 g/mol. The first-order valence-corrected chi connectivity index (χ1v) is 6.12. The highest BCUT2D eigenvalue weighted by Gasteiger charge is 2.07. The monoisotopic (exact) mass is 263 g/mol. The van der Waals surface area contributed by atoms with Gasteiger partial charge in [-0.1, -0.05) is 30.3 Å². The number of carbonyl (C=O) groups excluding carboxylic acids is 2. The third-order valence-corrected chi connectivity index (χ3v) is 2.47. The van der Waals surface area contributed by atoms with Crippen molar-refractivity contribution in [2.24, 2.45) is 5.73 Å². The first kappa shape index (κ1) is 17.1. The smallest absolute Gasteiger partial charge is 0.294 e. The zero-order valence-electron chi connectivity index (χ0n) is 11.1. The van der Waals surface area contributed by atoms with Crippen LogP contribution in [0.4, 0.5) is 0 Å². The molecule has 19 heavy (non-hydrogen) atoms. The van der Waals surface area contributed by atoms with Gasteiger partial charge in [0.05, 0.1) is 0 Å². The predicted molar refractivity (Wildman–Crippen MR) is 75.4 cm³/mol. The first-order chi connectivity index (χ1) is 9.22. The van der Waals surface area contributed by atoms with Gasteiger partial charge in [0.2, 0.25) is 0 Å². The van der Waals surface area contributed by atoms with Gasteiger partial charge in [0.1, 0.15) is 5.78 Å². The van der Waals surface area contributed by atoms with Crippen molar-refractivity contribution in [2.75, 3.05) is 0 Å². The lowest BCUT2D eigenvalue weighted by molar-refractivity contribution is -0.134. The first-order valence-electron chi connectivity index (χ1n) is 6.12. The van der Waals surface area contributed by atoms with Gasteiger partial charge in [-0.25, -0.2) is 0 Å². The number of hydrogen-bond acceptors (Lipinski definition) is 4. The van der Waals surface area contributed by atoms with Crippen LogP contribution in [-0.4, -0.2) is 18.5 Å². The lowest BCUT2D eigenvalue weighted by Crippen LogP contribution is -2.24. The summed E-state index contributed by atoms with van der Waals surface area (Å²) < 4.78 is 4.50. The van der Waals surface area contributed by atoms with Gasteiger partial charge in [-0.2, -0.15) is 0 Å². The molecule has 0 aliphatic rings. The summed E-state index contributed by atoms with van der Waals surface area (Å²) in [6.07, 6.45) is 1.29. The summed E-state index contributed by atoms with van der Waals surface area (Å²) in [4.78, 5) is 21.5. The molecule has 0 radical (unpaired) electrons. The number of aryl methyl sites for hydroxylation is 1. The van der Waals surface area contributed by atoms with E-state index in [9.17, 15) is 9.59 Å². The minimum absolute atomic E-state index is 0.138. The molecule has 1 rings (SSSR count). The molecule has 0 aliphatic carbocycles. The Morgan fingerprint density at radius 1 is 1.26 bits per heavy atom. The van der Waals surface area contributed by atoms with Crippen LogP contribution in [0.2, 0.25) is 0 Å². The van der Waals surface area contributed by atoms with E-state index in [0.29, 0.717) is 25.7 Å². The van der Waals surface area contributed by atoms with Crippen molar-refractivity contribution in [1.82, 2.24) is 0 Å². The molecular weight excluding hydrogens is 242 g/mol. The van der Waals surface area contributed by atoms with Gasteiger partial charge in [0.15, 0.2) is 6.23 Å². The zero-order chi connectivity index (χ0) is 14.5. The van der Waals surface area contributed by atoms with Crippen LogP contribution in [0.5, 0.6) is 0 Å². The fourth-order valence-electron chi connectivity index (χ4n) is 1.50. The number of ketones is 1. The van der Waals surface area contributed by atoms with E-state index < -0.39 is 6.23 Å². The fourth-order valence-corrected chi connectivity index (χ4v) is 1.50. The van der Waals surface area contributed by atoms with Crippen molar-refractivity contribution in [3.05, 3.63) is 49.1 Å². The third kappa shape index (κ3) is 8.74. The molecule has 1 aromatic carbocycles. The number of Topliss-reactive ketones (excluding diaryl/α,β-unsaturated/α-hetero) is 1. The molecule has 0 bridgehead atoms. The van der Waals surface area contributed by atoms with Crippen LogP contribution in [-0.2, 0) is 20.7 Å². The van der Waals surface area contributed by atoms with E-state index >= 15 is 0 Å². The van der Waals surface area contributed by atoms with E-state index in [4.69, 9.17) is 5.73 Å². The summed E-state index contributed by atoms with van der Waals surface area (Å²) in [5.74, 6) is 0.138. The summed E-state index contributed by atoms with van der Waals surface area (Å²) >= 11 is 0. The van der Waals surface area contributed by atoms with Crippen molar-refractivity contribution >= 4 is 12.3 Å². The van der Waals surface area contributed by atoms with Gasteiger partial charge in [-0.3, -0.25) is 15.3 Å². The Morgan fingerprint density at radius 2 is 1.89 bits per heavy atom. The fraction of sp³-hybridized carbons (Fsp3) is 0.333. The molecule has 0 saturated carbocycles. The van der Waals surface area contributed by atoms with Gasteiger partial charge in [0, 0.05) is 19.3 Å². The molecule has 0 amide bonds. The zero-order valence-corrected chi connectivity index (χ0v) is 11.1. The maximum absolute atomic E-state index is 11.5. The third-order valence-electron chi connectivity index (χ3n) is 2.47. The van der Waals surface area contributed by atoms with Gasteiger partial charge >= 0.3 is 0 Å². The Balaban J connectivity index is 0.00000154. The van der Waals surface area contributed by atoms with Crippen molar-refractivity contribution in [3.8, 4) is 0 Å². The summed E-state index contributed by atoms with van der Waals surface area (Å²) in [6, 6.07) is 9.84. The van der Waals surface area contributed by atoms with Crippen LogP contribution < -0.4 is 5.73 Å². The van der Waals surface area contributed by atoms with Gasteiger partial charge < -0.3 is 4.74 Å². The van der Waals surface area contributed by atoms with Gasteiger partial charge in [0.25, 0.3) is 6.47 Å². The molecule has 104 valence electrons. The molecule has 0 spiro atoms. The van der Waals surface area contributed by atoms with Gasteiger partial charge in [-0.15, -0.1) is 13.2 Å². The van der Waals surface area contributed by atoms with Crippen molar-refractivity contribution in [1.29, 1.82) is 0 Å². The van der Waals surface area contributed by atoms with E-state index in [1.54, 1.807) is 0 Å². The van der Waals surface area contributed by atoms with E-state index in [-0.39, 0.29) is 5.78 Å². The Hall–Kier alpha value is -1.94. The highest BCUT2D eigenvalue weighted by Crippen LogP contribution is 2.06. The standard InChI is InChI=1S/C13H17NO3.C2H4/c14-13(17-10-15)9-8-12(16)7-6-11-4-2-1-3-5-11;1-2/h1-5,10,13H,6-9,14H2;1-2H2. The molecule has 4 heteroatoms. The normalized spacial score (nSPS) is 10.8. The van der Waals surface area contributed by atoms with E-state index in [1.165, 1.54) is 0 Å².